The second-order valence-corrected chi connectivity index (χ2v) is 11.1. The third-order valence-corrected chi connectivity index (χ3v) is 7.00. The normalized spacial score (nSPS) is 14.7. The first-order valence-electron chi connectivity index (χ1n) is 12.4. The zero-order valence-corrected chi connectivity index (χ0v) is 21.6. The minimum atomic E-state index is -0.603. The molecule has 1 fully saturated rings. The zero-order chi connectivity index (χ0) is 24.8. The van der Waals surface area contributed by atoms with E-state index in [1.54, 1.807) is 10.3 Å². The molecule has 0 bridgehead atoms. The number of aromatic nitrogens is 3. The molecular formula is C26H35N5O3S. The zero-order valence-electron chi connectivity index (χ0n) is 20.8. The van der Waals surface area contributed by atoms with E-state index in [0.29, 0.717) is 36.9 Å². The highest BCUT2D eigenvalue weighted by Gasteiger charge is 2.24. The van der Waals surface area contributed by atoms with Crippen LogP contribution in [0.25, 0.3) is 11.0 Å². The van der Waals surface area contributed by atoms with Gasteiger partial charge in [-0.1, -0.05) is 31.4 Å². The van der Waals surface area contributed by atoms with Crippen molar-refractivity contribution in [2.24, 2.45) is 5.92 Å². The molecule has 0 saturated heterocycles. The van der Waals surface area contributed by atoms with Crippen molar-refractivity contribution in [3.8, 4) is 0 Å². The van der Waals surface area contributed by atoms with Gasteiger partial charge in [0, 0.05) is 24.9 Å². The van der Waals surface area contributed by atoms with Crippen LogP contribution in [0.4, 0.5) is 4.79 Å². The number of fused-ring (bicyclic) bond motifs is 1. The number of carbonyl (C=O) groups is 2. The van der Waals surface area contributed by atoms with E-state index < -0.39 is 11.7 Å². The van der Waals surface area contributed by atoms with Crippen LogP contribution in [0.1, 0.15) is 74.2 Å². The summed E-state index contributed by atoms with van der Waals surface area (Å²) >= 11 is 1.44. The van der Waals surface area contributed by atoms with Crippen LogP contribution in [0.15, 0.2) is 29.6 Å². The van der Waals surface area contributed by atoms with Crippen molar-refractivity contribution in [3.63, 3.8) is 0 Å². The van der Waals surface area contributed by atoms with Gasteiger partial charge in [0.1, 0.15) is 17.1 Å². The number of hydrogen-bond acceptors (Lipinski definition) is 6. The van der Waals surface area contributed by atoms with Crippen LogP contribution in [0.2, 0.25) is 0 Å². The maximum Gasteiger partial charge on any atom is 0.410 e. The average molecular weight is 498 g/mol. The van der Waals surface area contributed by atoms with Crippen molar-refractivity contribution in [1.82, 2.24) is 25.2 Å². The fourth-order valence-electron chi connectivity index (χ4n) is 4.30. The lowest BCUT2D eigenvalue weighted by atomic mass is 9.89. The Morgan fingerprint density at radius 1 is 1.17 bits per heavy atom. The molecule has 4 rings (SSSR count). The first-order chi connectivity index (χ1) is 16.8. The van der Waals surface area contributed by atoms with Gasteiger partial charge in [-0.2, -0.15) is 0 Å². The number of hydrogen-bond donors (Lipinski definition) is 2. The summed E-state index contributed by atoms with van der Waals surface area (Å²) in [6.45, 7) is 6.97. The van der Waals surface area contributed by atoms with Crippen LogP contribution in [-0.2, 0) is 17.7 Å². The van der Waals surface area contributed by atoms with E-state index in [2.05, 4.69) is 20.3 Å². The van der Waals surface area contributed by atoms with Crippen LogP contribution < -0.4 is 5.32 Å². The number of H-pyrrole nitrogens is 1. The predicted octanol–water partition coefficient (Wildman–Crippen LogP) is 5.31. The lowest BCUT2D eigenvalue weighted by Crippen LogP contribution is -2.38. The Morgan fingerprint density at radius 2 is 1.94 bits per heavy atom. The molecule has 1 aliphatic carbocycles. The van der Waals surface area contributed by atoms with Crippen molar-refractivity contribution in [3.05, 3.63) is 46.2 Å². The number of nitrogens with one attached hydrogen (secondary N) is 2. The molecule has 188 valence electrons. The highest BCUT2D eigenvalue weighted by molar-refractivity contribution is 7.09. The van der Waals surface area contributed by atoms with Gasteiger partial charge in [0.25, 0.3) is 5.91 Å². The second kappa shape index (κ2) is 11.2. The summed E-state index contributed by atoms with van der Waals surface area (Å²) in [6.07, 6.45) is 6.31. The lowest BCUT2D eigenvalue weighted by Gasteiger charge is -2.26. The molecule has 1 aromatic carbocycles. The van der Waals surface area contributed by atoms with Crippen LogP contribution >= 0.6 is 11.3 Å². The summed E-state index contributed by atoms with van der Waals surface area (Å²) in [4.78, 5) is 39.5. The number of rotatable bonds is 8. The number of amides is 2. The molecular weight excluding hydrogens is 462 g/mol. The monoisotopic (exact) mass is 497 g/mol. The molecule has 1 aliphatic rings. The highest BCUT2D eigenvalue weighted by atomic mass is 32.1. The number of benzene rings is 1. The number of para-hydroxylation sites is 2. The standard InChI is InChI=1S/C26H35N5O3S/c1-26(2,3)34-25(33)31(16-22-28-19-11-7-8-12-20(19)29-22)14-13-23-30-21(17-35-23)24(32)27-15-18-9-5-4-6-10-18/h7-8,11-12,17-18H,4-6,9-10,13-16H2,1-3H3,(H,27,32)(H,28,29). The summed E-state index contributed by atoms with van der Waals surface area (Å²) in [5, 5.41) is 5.65. The average Bonchev–Trinajstić information content (AvgIpc) is 3.46. The Morgan fingerprint density at radius 3 is 2.69 bits per heavy atom. The van der Waals surface area contributed by atoms with Crippen molar-refractivity contribution in [1.29, 1.82) is 0 Å². The van der Waals surface area contributed by atoms with E-state index in [0.717, 1.165) is 22.6 Å². The number of imidazole rings is 1. The smallest absolute Gasteiger partial charge is 0.410 e. The largest absolute Gasteiger partial charge is 0.444 e. The summed E-state index contributed by atoms with van der Waals surface area (Å²) in [6, 6.07) is 7.77. The molecule has 0 aliphatic heterocycles. The fraction of sp³-hybridized carbons (Fsp3) is 0.538. The molecule has 2 N–H and O–H groups in total. The Bertz CT molecular complexity index is 1110. The maximum atomic E-state index is 12.9. The van der Waals surface area contributed by atoms with Crippen LogP contribution in [0.3, 0.4) is 0 Å². The number of carbonyl (C=O) groups excluding carboxylic acids is 2. The SMILES string of the molecule is CC(C)(C)OC(=O)N(CCc1nc(C(=O)NCC2CCCCC2)cs1)Cc1nc2ccccc2[nH]1. The number of nitrogens with zero attached hydrogens (tertiary/aromatic N) is 3. The van der Waals surface area contributed by atoms with E-state index in [1.165, 1.54) is 43.4 Å². The van der Waals surface area contributed by atoms with E-state index in [9.17, 15) is 9.59 Å². The van der Waals surface area contributed by atoms with Gasteiger partial charge < -0.3 is 19.9 Å². The molecule has 2 heterocycles. The van der Waals surface area contributed by atoms with E-state index in [-0.39, 0.29) is 5.91 Å². The Balaban J connectivity index is 1.37. The molecule has 0 unspecified atom stereocenters. The minimum Gasteiger partial charge on any atom is -0.444 e. The van der Waals surface area contributed by atoms with Gasteiger partial charge in [-0.05, 0) is 51.7 Å². The second-order valence-electron chi connectivity index (χ2n) is 10.2. The Kier molecular flexibility index (Phi) is 8.05. The summed E-state index contributed by atoms with van der Waals surface area (Å²) < 4.78 is 5.63. The van der Waals surface area contributed by atoms with Gasteiger partial charge in [-0.3, -0.25) is 4.79 Å². The van der Waals surface area contributed by atoms with E-state index in [4.69, 9.17) is 4.74 Å². The van der Waals surface area contributed by atoms with Gasteiger partial charge in [0.2, 0.25) is 0 Å². The highest BCUT2D eigenvalue weighted by Crippen LogP contribution is 2.23. The summed E-state index contributed by atoms with van der Waals surface area (Å²) in [7, 11) is 0. The molecule has 0 atom stereocenters. The van der Waals surface area contributed by atoms with Gasteiger partial charge in [0.05, 0.1) is 22.6 Å². The third kappa shape index (κ3) is 7.27. The predicted molar refractivity (Wildman–Crippen MR) is 137 cm³/mol. The topological polar surface area (TPSA) is 100 Å². The van der Waals surface area contributed by atoms with Crippen molar-refractivity contribution >= 4 is 34.4 Å². The van der Waals surface area contributed by atoms with Crippen LogP contribution in [0, 0.1) is 5.92 Å². The molecule has 8 nitrogen and oxygen atoms in total. The first-order valence-corrected chi connectivity index (χ1v) is 13.3. The van der Waals surface area contributed by atoms with Crippen molar-refractivity contribution < 1.29 is 14.3 Å². The Hall–Kier alpha value is -2.94. The third-order valence-electron chi connectivity index (χ3n) is 6.09. The Labute approximate surface area is 210 Å². The molecule has 9 heteroatoms. The van der Waals surface area contributed by atoms with Crippen LogP contribution in [-0.4, -0.2) is 50.5 Å². The number of ether oxygens (including phenoxy) is 1. The van der Waals surface area contributed by atoms with Crippen molar-refractivity contribution in [2.45, 2.75) is 71.4 Å². The van der Waals surface area contributed by atoms with Crippen LogP contribution in [0.5, 0.6) is 0 Å². The minimum absolute atomic E-state index is 0.121. The number of aromatic amines is 1. The lowest BCUT2D eigenvalue weighted by molar-refractivity contribution is 0.0231. The molecule has 2 aromatic heterocycles. The van der Waals surface area contributed by atoms with Gasteiger partial charge in [0.15, 0.2) is 0 Å². The van der Waals surface area contributed by atoms with Gasteiger partial charge >= 0.3 is 6.09 Å². The van der Waals surface area contributed by atoms with E-state index in [1.807, 2.05) is 45.0 Å². The van der Waals surface area contributed by atoms with E-state index >= 15 is 0 Å². The summed E-state index contributed by atoms with van der Waals surface area (Å²) in [5.74, 6) is 1.15. The van der Waals surface area contributed by atoms with Gasteiger partial charge in [-0.25, -0.2) is 14.8 Å². The molecule has 3 aromatic rings. The molecule has 0 radical (unpaired) electrons. The number of thiazole rings is 1. The first kappa shape index (κ1) is 25.2. The fourth-order valence-corrected chi connectivity index (χ4v) is 5.07. The van der Waals surface area contributed by atoms with Gasteiger partial charge in [-0.15, -0.1) is 11.3 Å². The molecule has 0 spiro atoms. The molecule has 35 heavy (non-hydrogen) atoms. The van der Waals surface area contributed by atoms with Crippen molar-refractivity contribution in [2.75, 3.05) is 13.1 Å². The molecule has 2 amide bonds. The molecule has 1 saturated carbocycles. The summed E-state index contributed by atoms with van der Waals surface area (Å²) in [5.41, 5.74) is 1.63. The quantitative estimate of drug-likeness (QED) is 0.439. The maximum absolute atomic E-state index is 12.9.